The molecule has 0 aliphatic heterocycles. The number of carbonyl (C=O) groups excluding carboxylic acids is 1. The van der Waals surface area contributed by atoms with Gasteiger partial charge in [-0.25, -0.2) is 0 Å². The van der Waals surface area contributed by atoms with Crippen molar-refractivity contribution in [1.82, 2.24) is 0 Å². The summed E-state index contributed by atoms with van der Waals surface area (Å²) in [5, 5.41) is 19.9. The van der Waals surface area contributed by atoms with Gasteiger partial charge in [0.15, 0.2) is 0 Å². The summed E-state index contributed by atoms with van der Waals surface area (Å²) in [7, 11) is 0. The van der Waals surface area contributed by atoms with E-state index in [0.29, 0.717) is 12.8 Å². The highest BCUT2D eigenvalue weighted by Crippen LogP contribution is 2.15. The molecule has 0 saturated carbocycles. The molecule has 4 heteroatoms. The Labute approximate surface area is 142 Å². The molecule has 0 aromatic rings. The third-order valence-corrected chi connectivity index (χ3v) is 4.36. The van der Waals surface area contributed by atoms with Crippen molar-refractivity contribution in [3.63, 3.8) is 0 Å². The van der Waals surface area contributed by atoms with E-state index in [4.69, 9.17) is 4.74 Å². The Kier molecular flexibility index (Phi) is 14.6. The lowest BCUT2D eigenvalue weighted by molar-refractivity contribution is -0.146. The van der Waals surface area contributed by atoms with Gasteiger partial charge < -0.3 is 14.9 Å². The van der Waals surface area contributed by atoms with Crippen molar-refractivity contribution in [2.45, 2.75) is 116 Å². The quantitative estimate of drug-likeness (QED) is 0.346. The van der Waals surface area contributed by atoms with Crippen LogP contribution in [0.3, 0.4) is 0 Å². The van der Waals surface area contributed by atoms with E-state index in [0.717, 1.165) is 44.9 Å². The highest BCUT2D eigenvalue weighted by molar-refractivity contribution is 5.66. The van der Waals surface area contributed by atoms with Crippen LogP contribution in [0.25, 0.3) is 0 Å². The Morgan fingerprint density at radius 2 is 1.30 bits per heavy atom. The number of carbonyl (C=O) groups is 1. The molecule has 0 amide bonds. The van der Waals surface area contributed by atoms with E-state index in [1.165, 1.54) is 26.2 Å². The number of hydrogen-bond donors (Lipinski definition) is 2. The number of hydrogen-bond acceptors (Lipinski definition) is 4. The van der Waals surface area contributed by atoms with Gasteiger partial charge in [0.1, 0.15) is 6.10 Å². The Hall–Kier alpha value is -0.610. The first-order valence-corrected chi connectivity index (χ1v) is 9.54. The minimum absolute atomic E-state index is 0.0196. The molecule has 23 heavy (non-hydrogen) atoms. The molecule has 4 nitrogen and oxygen atoms in total. The molecule has 3 atom stereocenters. The van der Waals surface area contributed by atoms with Crippen molar-refractivity contribution in [3.05, 3.63) is 0 Å². The Balaban J connectivity index is 3.60. The number of aliphatic hydroxyl groups excluding tert-OH is 2. The number of unbranched alkanes of at least 4 members (excludes halogenated alkanes) is 6. The Morgan fingerprint density at radius 3 is 1.78 bits per heavy atom. The summed E-state index contributed by atoms with van der Waals surface area (Å²) in [6, 6.07) is 0. The second kappa shape index (κ2) is 14.9. The average molecular weight is 331 g/mol. The van der Waals surface area contributed by atoms with Gasteiger partial charge in [0, 0.05) is 6.92 Å². The zero-order valence-electron chi connectivity index (χ0n) is 15.4. The molecule has 0 aromatic carbocycles. The van der Waals surface area contributed by atoms with Gasteiger partial charge in [-0.15, -0.1) is 0 Å². The largest absolute Gasteiger partial charge is 0.463 e. The Morgan fingerprint density at radius 1 is 0.826 bits per heavy atom. The molecule has 138 valence electrons. The van der Waals surface area contributed by atoms with E-state index in [1.807, 2.05) is 6.92 Å². The van der Waals surface area contributed by atoms with E-state index in [-0.39, 0.29) is 12.1 Å². The predicted molar refractivity (Wildman–Crippen MR) is 94.3 cm³/mol. The molecule has 0 unspecified atom stereocenters. The van der Waals surface area contributed by atoms with Crippen molar-refractivity contribution < 1.29 is 19.7 Å². The SMILES string of the molecule is CCCCCCC[C@@H](O)[C@H](O)CCCCC[C@@H](CC)OC(C)=O. The van der Waals surface area contributed by atoms with Crippen LogP contribution in [0, 0.1) is 0 Å². The molecule has 0 radical (unpaired) electrons. The molecular formula is C19H38O4. The fourth-order valence-electron chi connectivity index (χ4n) is 2.83. The summed E-state index contributed by atoms with van der Waals surface area (Å²) < 4.78 is 5.21. The zero-order valence-corrected chi connectivity index (χ0v) is 15.4. The van der Waals surface area contributed by atoms with E-state index >= 15 is 0 Å². The molecule has 0 aromatic heterocycles. The number of ether oxygens (including phenoxy) is 1. The van der Waals surface area contributed by atoms with Crippen LogP contribution in [-0.4, -0.2) is 34.5 Å². The minimum Gasteiger partial charge on any atom is -0.463 e. The lowest BCUT2D eigenvalue weighted by Crippen LogP contribution is -2.25. The molecule has 0 spiro atoms. The van der Waals surface area contributed by atoms with Gasteiger partial charge in [0.2, 0.25) is 0 Å². The van der Waals surface area contributed by atoms with Gasteiger partial charge >= 0.3 is 5.97 Å². The molecule has 0 aliphatic carbocycles. The third kappa shape index (κ3) is 13.5. The number of esters is 1. The van der Waals surface area contributed by atoms with Crippen LogP contribution in [0.2, 0.25) is 0 Å². The van der Waals surface area contributed by atoms with Crippen LogP contribution in [-0.2, 0) is 9.53 Å². The van der Waals surface area contributed by atoms with Gasteiger partial charge in [0.25, 0.3) is 0 Å². The smallest absolute Gasteiger partial charge is 0.302 e. The molecule has 0 bridgehead atoms. The van der Waals surface area contributed by atoms with Gasteiger partial charge in [-0.05, 0) is 32.1 Å². The Bertz CT molecular complexity index is 281. The maximum Gasteiger partial charge on any atom is 0.302 e. The molecule has 2 N–H and O–H groups in total. The van der Waals surface area contributed by atoms with Crippen molar-refractivity contribution in [3.8, 4) is 0 Å². The van der Waals surface area contributed by atoms with Gasteiger partial charge in [-0.2, -0.15) is 0 Å². The number of rotatable bonds is 15. The van der Waals surface area contributed by atoms with E-state index < -0.39 is 12.2 Å². The first-order valence-electron chi connectivity index (χ1n) is 9.54. The lowest BCUT2D eigenvalue weighted by atomic mass is 9.99. The highest BCUT2D eigenvalue weighted by atomic mass is 16.5. The van der Waals surface area contributed by atoms with Crippen LogP contribution in [0.5, 0.6) is 0 Å². The molecule has 0 rings (SSSR count). The third-order valence-electron chi connectivity index (χ3n) is 4.36. The molecule has 0 saturated heterocycles. The normalized spacial score (nSPS) is 15.2. The summed E-state index contributed by atoms with van der Waals surface area (Å²) in [5.41, 5.74) is 0. The van der Waals surface area contributed by atoms with E-state index in [2.05, 4.69) is 6.92 Å². The summed E-state index contributed by atoms with van der Waals surface area (Å²) in [6.45, 7) is 5.66. The molecular weight excluding hydrogens is 292 g/mol. The summed E-state index contributed by atoms with van der Waals surface area (Å²) in [6.07, 6.45) is 10.7. The first kappa shape index (κ1) is 22.4. The molecule has 0 fully saturated rings. The van der Waals surface area contributed by atoms with Crippen molar-refractivity contribution in [1.29, 1.82) is 0 Å². The topological polar surface area (TPSA) is 66.8 Å². The zero-order chi connectivity index (χ0) is 17.5. The van der Waals surface area contributed by atoms with E-state index in [1.54, 1.807) is 0 Å². The van der Waals surface area contributed by atoms with Gasteiger partial charge in [0.05, 0.1) is 12.2 Å². The minimum atomic E-state index is -0.600. The summed E-state index contributed by atoms with van der Waals surface area (Å²) in [4.78, 5) is 10.9. The fraction of sp³-hybridized carbons (Fsp3) is 0.947. The van der Waals surface area contributed by atoms with Gasteiger partial charge in [-0.1, -0.05) is 58.8 Å². The lowest BCUT2D eigenvalue weighted by Gasteiger charge is -2.18. The average Bonchev–Trinajstić information content (AvgIpc) is 2.52. The van der Waals surface area contributed by atoms with Crippen molar-refractivity contribution in [2.75, 3.05) is 0 Å². The van der Waals surface area contributed by atoms with Gasteiger partial charge in [-0.3, -0.25) is 4.79 Å². The fourth-order valence-corrected chi connectivity index (χ4v) is 2.83. The number of aliphatic hydroxyl groups is 2. The predicted octanol–water partition coefficient (Wildman–Crippen LogP) is 4.36. The van der Waals surface area contributed by atoms with Crippen molar-refractivity contribution >= 4 is 5.97 Å². The monoisotopic (exact) mass is 330 g/mol. The van der Waals surface area contributed by atoms with Crippen LogP contribution in [0.15, 0.2) is 0 Å². The second-order valence-electron chi connectivity index (χ2n) is 6.62. The molecule has 0 heterocycles. The maximum absolute atomic E-state index is 10.9. The van der Waals surface area contributed by atoms with Crippen LogP contribution < -0.4 is 0 Å². The summed E-state index contributed by atoms with van der Waals surface area (Å²) >= 11 is 0. The second-order valence-corrected chi connectivity index (χ2v) is 6.62. The standard InChI is InChI=1S/C19H38O4/c1-4-6-7-8-11-14-18(21)19(22)15-12-9-10-13-17(5-2)23-16(3)20/h17-19,21-22H,4-15H2,1-3H3/t17-,18-,19-/m1/s1. The van der Waals surface area contributed by atoms with Crippen LogP contribution >= 0.6 is 0 Å². The molecule has 0 aliphatic rings. The summed E-state index contributed by atoms with van der Waals surface area (Å²) in [5.74, 6) is -0.214. The van der Waals surface area contributed by atoms with Crippen LogP contribution in [0.4, 0.5) is 0 Å². The maximum atomic E-state index is 10.9. The first-order chi connectivity index (χ1) is 11.0. The highest BCUT2D eigenvalue weighted by Gasteiger charge is 2.15. The van der Waals surface area contributed by atoms with Crippen molar-refractivity contribution in [2.24, 2.45) is 0 Å². The van der Waals surface area contributed by atoms with E-state index in [9.17, 15) is 15.0 Å². The van der Waals surface area contributed by atoms with Crippen LogP contribution in [0.1, 0.15) is 97.8 Å².